The first kappa shape index (κ1) is 17.8. The van der Waals surface area contributed by atoms with E-state index in [1.165, 1.54) is 11.1 Å². The average Bonchev–Trinajstić information content (AvgIpc) is 2.59. The van der Waals surface area contributed by atoms with Crippen LogP contribution in [0.25, 0.3) is 0 Å². The molecule has 3 rings (SSSR count). The SMILES string of the molecule is O=C(NCCCCc1ccccc1)NC1CC(c2ccc(Cl)cc2)C1. The van der Waals surface area contributed by atoms with Crippen LogP contribution in [0.5, 0.6) is 0 Å². The number of aryl methyl sites for hydroxylation is 1. The number of hydrogen-bond donors (Lipinski definition) is 2. The van der Waals surface area contributed by atoms with Crippen LogP contribution in [0.2, 0.25) is 5.02 Å². The molecular weight excluding hydrogens is 332 g/mol. The van der Waals surface area contributed by atoms with Crippen molar-refractivity contribution in [1.82, 2.24) is 10.6 Å². The summed E-state index contributed by atoms with van der Waals surface area (Å²) < 4.78 is 0. The Morgan fingerprint density at radius 2 is 1.72 bits per heavy atom. The monoisotopic (exact) mass is 356 g/mol. The molecule has 0 heterocycles. The summed E-state index contributed by atoms with van der Waals surface area (Å²) in [5.41, 5.74) is 2.67. The predicted octanol–water partition coefficient (Wildman–Crippen LogP) is 4.91. The van der Waals surface area contributed by atoms with Crippen LogP contribution in [-0.4, -0.2) is 18.6 Å². The molecule has 1 saturated carbocycles. The molecule has 2 aromatic rings. The number of carbonyl (C=O) groups is 1. The molecule has 0 aliphatic heterocycles. The fourth-order valence-electron chi connectivity index (χ4n) is 3.28. The van der Waals surface area contributed by atoms with Gasteiger partial charge in [0.1, 0.15) is 0 Å². The molecule has 0 bridgehead atoms. The average molecular weight is 357 g/mol. The maximum atomic E-state index is 11.9. The van der Waals surface area contributed by atoms with E-state index in [2.05, 4.69) is 47.0 Å². The summed E-state index contributed by atoms with van der Waals surface area (Å²) in [5.74, 6) is 0.536. The van der Waals surface area contributed by atoms with Gasteiger partial charge < -0.3 is 10.6 Å². The van der Waals surface area contributed by atoms with Gasteiger partial charge in [-0.1, -0.05) is 54.1 Å². The van der Waals surface area contributed by atoms with Gasteiger partial charge in [-0.25, -0.2) is 4.79 Å². The van der Waals surface area contributed by atoms with Crippen LogP contribution in [0.15, 0.2) is 54.6 Å². The molecule has 0 saturated heterocycles. The van der Waals surface area contributed by atoms with Crippen molar-refractivity contribution in [3.8, 4) is 0 Å². The molecule has 2 aromatic carbocycles. The zero-order chi connectivity index (χ0) is 17.5. The zero-order valence-electron chi connectivity index (χ0n) is 14.4. The van der Waals surface area contributed by atoms with E-state index in [1.807, 2.05) is 18.2 Å². The highest BCUT2D eigenvalue weighted by Gasteiger charge is 2.31. The van der Waals surface area contributed by atoms with E-state index in [-0.39, 0.29) is 12.1 Å². The van der Waals surface area contributed by atoms with E-state index in [4.69, 9.17) is 11.6 Å². The van der Waals surface area contributed by atoms with Gasteiger partial charge in [0.2, 0.25) is 0 Å². The van der Waals surface area contributed by atoms with Crippen LogP contribution in [0, 0.1) is 0 Å². The Morgan fingerprint density at radius 1 is 1.00 bits per heavy atom. The minimum absolute atomic E-state index is 0.0423. The number of carbonyl (C=O) groups excluding carboxylic acids is 1. The summed E-state index contributed by atoms with van der Waals surface area (Å²) in [4.78, 5) is 11.9. The van der Waals surface area contributed by atoms with Crippen molar-refractivity contribution in [2.45, 2.75) is 44.1 Å². The third-order valence-corrected chi connectivity index (χ3v) is 5.09. The van der Waals surface area contributed by atoms with Gasteiger partial charge in [-0.05, 0) is 61.3 Å². The van der Waals surface area contributed by atoms with Crippen LogP contribution in [0.3, 0.4) is 0 Å². The van der Waals surface area contributed by atoms with Gasteiger partial charge in [0.05, 0.1) is 0 Å². The zero-order valence-corrected chi connectivity index (χ0v) is 15.1. The van der Waals surface area contributed by atoms with Gasteiger partial charge in [-0.2, -0.15) is 0 Å². The second-order valence-corrected chi connectivity index (χ2v) is 7.20. The topological polar surface area (TPSA) is 41.1 Å². The van der Waals surface area contributed by atoms with E-state index in [1.54, 1.807) is 0 Å². The van der Waals surface area contributed by atoms with Crippen LogP contribution < -0.4 is 10.6 Å². The Balaban J connectivity index is 1.26. The van der Waals surface area contributed by atoms with Crippen molar-refractivity contribution >= 4 is 17.6 Å². The van der Waals surface area contributed by atoms with Crippen LogP contribution in [0.4, 0.5) is 4.79 Å². The van der Waals surface area contributed by atoms with Crippen molar-refractivity contribution in [2.75, 3.05) is 6.54 Å². The standard InChI is InChI=1S/C21H25ClN2O/c22-19-11-9-17(10-12-19)18-14-20(15-18)24-21(25)23-13-5-4-8-16-6-2-1-3-7-16/h1-3,6-7,9-12,18,20H,4-5,8,13-15H2,(H2,23,24,25). The number of unbranched alkanes of at least 4 members (excludes halogenated alkanes) is 1. The lowest BCUT2D eigenvalue weighted by atomic mass is 9.76. The maximum Gasteiger partial charge on any atom is 0.315 e. The number of hydrogen-bond acceptors (Lipinski definition) is 1. The highest BCUT2D eigenvalue weighted by atomic mass is 35.5. The van der Waals surface area contributed by atoms with Crippen LogP contribution >= 0.6 is 11.6 Å². The number of nitrogens with one attached hydrogen (secondary N) is 2. The van der Waals surface area contributed by atoms with Crippen LogP contribution in [-0.2, 0) is 6.42 Å². The number of benzene rings is 2. The lowest BCUT2D eigenvalue weighted by Crippen LogP contribution is -2.47. The molecule has 0 atom stereocenters. The second-order valence-electron chi connectivity index (χ2n) is 6.76. The fourth-order valence-corrected chi connectivity index (χ4v) is 3.41. The first-order valence-electron chi connectivity index (χ1n) is 9.04. The Labute approximate surface area is 154 Å². The highest BCUT2D eigenvalue weighted by Crippen LogP contribution is 2.37. The first-order chi connectivity index (χ1) is 12.2. The molecule has 1 aliphatic carbocycles. The summed E-state index contributed by atoms with van der Waals surface area (Å²) in [6.45, 7) is 0.728. The lowest BCUT2D eigenvalue weighted by molar-refractivity contribution is 0.222. The van der Waals surface area contributed by atoms with Gasteiger partial charge in [0, 0.05) is 17.6 Å². The van der Waals surface area contributed by atoms with Crippen LogP contribution in [0.1, 0.15) is 42.7 Å². The van der Waals surface area contributed by atoms with E-state index >= 15 is 0 Å². The van der Waals surface area contributed by atoms with E-state index < -0.39 is 0 Å². The molecule has 2 N–H and O–H groups in total. The van der Waals surface area contributed by atoms with Crippen molar-refractivity contribution in [3.05, 3.63) is 70.7 Å². The highest BCUT2D eigenvalue weighted by molar-refractivity contribution is 6.30. The maximum absolute atomic E-state index is 11.9. The molecule has 0 spiro atoms. The normalized spacial score (nSPS) is 19.1. The van der Waals surface area contributed by atoms with Gasteiger partial charge in [0.25, 0.3) is 0 Å². The summed E-state index contributed by atoms with van der Waals surface area (Å²) in [6.07, 6.45) is 5.16. The van der Waals surface area contributed by atoms with Crippen molar-refractivity contribution in [3.63, 3.8) is 0 Å². The number of halogens is 1. The fraction of sp³-hybridized carbons (Fsp3) is 0.381. The van der Waals surface area contributed by atoms with E-state index in [0.29, 0.717) is 5.92 Å². The molecule has 1 fully saturated rings. The minimum atomic E-state index is -0.0423. The van der Waals surface area contributed by atoms with Gasteiger partial charge in [0.15, 0.2) is 0 Å². The minimum Gasteiger partial charge on any atom is -0.338 e. The first-order valence-corrected chi connectivity index (χ1v) is 9.42. The Morgan fingerprint density at radius 3 is 2.44 bits per heavy atom. The molecule has 1 aliphatic rings. The molecule has 4 heteroatoms. The van der Waals surface area contributed by atoms with Gasteiger partial charge in [-0.3, -0.25) is 0 Å². The molecule has 0 radical (unpaired) electrons. The summed E-state index contributed by atoms with van der Waals surface area (Å²) in [5, 5.41) is 6.79. The Hall–Kier alpha value is -2.00. The molecule has 0 unspecified atom stereocenters. The number of rotatable bonds is 7. The Kier molecular flexibility index (Phi) is 6.35. The molecule has 2 amide bonds. The summed E-state index contributed by atoms with van der Waals surface area (Å²) in [6, 6.07) is 18.7. The van der Waals surface area contributed by atoms with E-state index in [9.17, 15) is 4.79 Å². The molecule has 25 heavy (non-hydrogen) atoms. The van der Waals surface area contributed by atoms with E-state index in [0.717, 1.165) is 43.7 Å². The second kappa shape index (κ2) is 8.91. The summed E-state index contributed by atoms with van der Waals surface area (Å²) >= 11 is 5.92. The predicted molar refractivity (Wildman–Crippen MR) is 103 cm³/mol. The van der Waals surface area contributed by atoms with Crippen molar-refractivity contribution in [1.29, 1.82) is 0 Å². The van der Waals surface area contributed by atoms with Crippen molar-refractivity contribution in [2.24, 2.45) is 0 Å². The Bertz CT molecular complexity index is 666. The molecular formula is C21H25ClN2O. The third kappa shape index (κ3) is 5.50. The van der Waals surface area contributed by atoms with Crippen molar-refractivity contribution < 1.29 is 4.79 Å². The molecule has 3 nitrogen and oxygen atoms in total. The number of urea groups is 1. The van der Waals surface area contributed by atoms with Gasteiger partial charge >= 0.3 is 6.03 Å². The summed E-state index contributed by atoms with van der Waals surface area (Å²) in [7, 11) is 0. The molecule has 0 aromatic heterocycles. The smallest absolute Gasteiger partial charge is 0.315 e. The molecule has 132 valence electrons. The lowest BCUT2D eigenvalue weighted by Gasteiger charge is -2.36. The number of amides is 2. The quantitative estimate of drug-likeness (QED) is 0.680. The third-order valence-electron chi connectivity index (χ3n) is 4.84. The largest absolute Gasteiger partial charge is 0.338 e. The van der Waals surface area contributed by atoms with Gasteiger partial charge in [-0.15, -0.1) is 0 Å².